The molecular weight excluding hydrogens is 1690 g/mol. The second-order valence-electron chi connectivity index (χ2n) is 31.2. The molecule has 36 nitrogen and oxygen atoms in total. The number of aryl methyl sites for hydroxylation is 1. The topological polar surface area (TPSA) is 365 Å². The number of hydrogen-bond donors (Lipinski definition) is 3. The van der Waals surface area contributed by atoms with Gasteiger partial charge in [-0.25, -0.2) is 19.3 Å². The van der Waals surface area contributed by atoms with Gasteiger partial charge >= 0.3 is 18.0 Å². The van der Waals surface area contributed by atoms with Gasteiger partial charge in [0.05, 0.1) is 83.2 Å². The van der Waals surface area contributed by atoms with E-state index in [-0.39, 0.29) is 76.4 Å². The predicted molar refractivity (Wildman–Crippen MR) is 475 cm³/mol. The Balaban J connectivity index is 0.000000129. The molecule has 0 unspecified atom stereocenters. The number of benzene rings is 4. The molecule has 4 fully saturated rings. The maximum absolute atomic E-state index is 14.7. The summed E-state index contributed by atoms with van der Waals surface area (Å²) < 4.78 is 60.1. The number of H-pyrrole nitrogens is 3. The highest BCUT2D eigenvalue weighted by atomic mass is 35.5. The Bertz CT molecular complexity index is 6610. The molecular formula is C87H86Cl3FN26O10. The second kappa shape index (κ2) is 36.2. The van der Waals surface area contributed by atoms with Gasteiger partial charge < -0.3 is 72.4 Å². The number of anilines is 3. The lowest BCUT2D eigenvalue weighted by Gasteiger charge is -2.35. The number of aromatic nitrogens is 17. The Labute approximate surface area is 740 Å². The van der Waals surface area contributed by atoms with Crippen molar-refractivity contribution in [2.45, 2.75) is 38.1 Å². The van der Waals surface area contributed by atoms with E-state index in [2.05, 4.69) is 120 Å². The molecule has 14 aromatic rings. The summed E-state index contributed by atoms with van der Waals surface area (Å²) in [5.74, 6) is 3.63. The number of likely N-dealkylation sites (tertiary alicyclic amines) is 1. The number of aromatic amines is 3. The molecule has 0 radical (unpaired) electrons. The van der Waals surface area contributed by atoms with E-state index in [1.807, 2.05) is 55.2 Å². The number of nitrogens with zero attached hydrogens (tertiary/aromatic N) is 23. The Morgan fingerprint density at radius 3 is 1.40 bits per heavy atom. The number of ether oxygens (including phenoxy) is 7. The Kier molecular flexibility index (Phi) is 24.0. The van der Waals surface area contributed by atoms with Crippen LogP contribution >= 0.6 is 34.8 Å². The number of hydrogen-bond acceptors (Lipinski definition) is 29. The SMILES string of the molecule is C=CC(=O)N1CCN(c2nc(O[C@@H]3CN(C)C[C@H]3OC)nc3c(Oc4c(Cl)ccc5[nH]ncc45)nccc23)CC1.C=CC(=O)N1CCN(c2nc(Oc3cccc4c3CCN(C)C4)nc3c(Oc4c(Cl)ccc5[nH]ncc45)nccc23)CC1.C=CC(=O)N1CCN(c2nc(Oc3nn(C)c4c3CCN(C)C4)nc3c(Oc4c(Cl)c(F)cc5[nH]ncc45)nccc23)CC1. The van der Waals surface area contributed by atoms with Crippen LogP contribution in [0.4, 0.5) is 21.8 Å². The summed E-state index contributed by atoms with van der Waals surface area (Å²) in [6, 6.07) is 20.4. The zero-order chi connectivity index (χ0) is 87.8. The molecule has 4 aromatic carbocycles. The van der Waals surface area contributed by atoms with Crippen molar-refractivity contribution in [2.24, 2.45) is 7.05 Å². The molecule has 6 aliphatic rings. The molecule has 0 bridgehead atoms. The van der Waals surface area contributed by atoms with Gasteiger partial charge in [0.25, 0.3) is 0 Å². The summed E-state index contributed by atoms with van der Waals surface area (Å²) in [6.45, 7) is 22.1. The molecule has 40 heteroatoms. The molecule has 6 aliphatic heterocycles. The molecule has 16 heterocycles. The minimum Gasteiger partial charge on any atom is -0.456 e. The van der Waals surface area contributed by atoms with Crippen molar-refractivity contribution in [3.05, 3.63) is 185 Å². The molecule has 127 heavy (non-hydrogen) atoms. The molecule has 4 saturated heterocycles. The maximum atomic E-state index is 14.7. The Hall–Kier alpha value is -13.6. The third-order valence-electron chi connectivity index (χ3n) is 23.2. The smallest absolute Gasteiger partial charge is 0.326 e. The largest absolute Gasteiger partial charge is 0.456 e. The van der Waals surface area contributed by atoms with Crippen molar-refractivity contribution in [1.29, 1.82) is 0 Å². The maximum Gasteiger partial charge on any atom is 0.326 e. The van der Waals surface area contributed by atoms with Gasteiger partial charge in [-0.2, -0.15) is 45.2 Å². The number of carbonyl (C=O) groups is 3. The minimum absolute atomic E-state index is 0.0496. The van der Waals surface area contributed by atoms with Gasteiger partial charge in [-0.05, 0) is 106 Å². The summed E-state index contributed by atoms with van der Waals surface area (Å²) in [5.41, 5.74) is 7.71. The first-order valence-corrected chi connectivity index (χ1v) is 42.2. The highest BCUT2D eigenvalue weighted by Crippen LogP contribution is 2.45. The van der Waals surface area contributed by atoms with Crippen LogP contribution < -0.4 is 43.1 Å². The van der Waals surface area contributed by atoms with E-state index < -0.39 is 5.82 Å². The average Bonchev–Trinajstić information content (AvgIpc) is 1.72. The molecule has 10 aromatic heterocycles. The third-order valence-corrected chi connectivity index (χ3v) is 24.2. The van der Waals surface area contributed by atoms with Crippen molar-refractivity contribution in [3.63, 3.8) is 0 Å². The number of fused-ring (bicyclic) bond motifs is 8. The standard InChI is InChI=1S/C31H29ClN8O3.C29H28ClFN10O3.C27H29ClN8O4/c1-3-26(41)39-13-15-40(16-14-39)29-21-9-11-33-30(43-28-22-17-34-37-24(22)8-7-23(28)32)27(21)35-31(36-29)42-25-6-4-5-19-18-38(2)12-10-20(19)25;1-4-22(42)40-9-11-41(12-10-40)26-17-5-7-32-28(43-25-18-14-33-36-20(18)13-19(31)23(25)30)24(17)34-29(35-26)44-27-16-6-8-38(2)15-21(16)39(3)37-27;1-4-22(37)35-9-11-36(12-10-35)25-16-7-8-29-26(40-24-17-13-30-33-19(17)6-5-18(24)28)23(16)31-27(32-25)39-21-15-34(2)14-20(21)38-3/h3-9,11,17H,1,10,12-16,18H2,2H3,(H,34,37);4-5,7,13-14H,1,6,8-12,15H2,2-3H3,(H,33,36);4-8,13,20-21H,1,9-12,14-15H2,2-3H3,(H,30,33)/t;;20-,21-/m..1/s1. The first kappa shape index (κ1) is 84.3. The van der Waals surface area contributed by atoms with Crippen molar-refractivity contribution in [1.82, 2.24) is 115 Å². The summed E-state index contributed by atoms with van der Waals surface area (Å²) in [4.78, 5) is 97.3. The van der Waals surface area contributed by atoms with Crippen LogP contribution in [0, 0.1) is 5.82 Å². The first-order valence-electron chi connectivity index (χ1n) is 41.1. The molecule has 0 aliphatic carbocycles. The highest BCUT2D eigenvalue weighted by Gasteiger charge is 2.36. The number of piperazine rings is 3. The van der Waals surface area contributed by atoms with Gasteiger partial charge in [0.15, 0.2) is 17.2 Å². The van der Waals surface area contributed by atoms with E-state index in [9.17, 15) is 18.8 Å². The fourth-order valence-corrected chi connectivity index (χ4v) is 17.2. The van der Waals surface area contributed by atoms with Gasteiger partial charge in [0, 0.05) is 168 Å². The number of nitrogens with one attached hydrogen (secondary N) is 3. The summed E-state index contributed by atoms with van der Waals surface area (Å²) in [6.07, 6.45) is 15.0. The van der Waals surface area contributed by atoms with Crippen molar-refractivity contribution >= 4 is 135 Å². The number of halogens is 4. The minimum atomic E-state index is -0.671. The molecule has 0 spiro atoms. The van der Waals surface area contributed by atoms with Crippen LogP contribution in [0.2, 0.25) is 15.1 Å². The van der Waals surface area contributed by atoms with Crippen LogP contribution in [-0.4, -0.2) is 278 Å². The zero-order valence-electron chi connectivity index (χ0n) is 69.8. The lowest BCUT2D eigenvalue weighted by Crippen LogP contribution is -2.48. The number of methoxy groups -OCH3 is 1. The fourth-order valence-electron chi connectivity index (χ4n) is 16.5. The predicted octanol–water partition coefficient (Wildman–Crippen LogP) is 11.7. The van der Waals surface area contributed by atoms with Crippen LogP contribution in [-0.2, 0) is 52.1 Å². The van der Waals surface area contributed by atoms with Gasteiger partial charge in [0.2, 0.25) is 41.2 Å². The lowest BCUT2D eigenvalue weighted by molar-refractivity contribution is -0.127. The van der Waals surface area contributed by atoms with Crippen molar-refractivity contribution in [2.75, 3.05) is 148 Å². The summed E-state index contributed by atoms with van der Waals surface area (Å²) in [5, 5.41) is 30.1. The van der Waals surface area contributed by atoms with Gasteiger partial charge in [0.1, 0.15) is 62.8 Å². The lowest BCUT2D eigenvalue weighted by atomic mass is 9.99. The van der Waals surface area contributed by atoms with Crippen LogP contribution in [0.5, 0.6) is 64.5 Å². The second-order valence-corrected chi connectivity index (χ2v) is 32.4. The average molecular weight is 1780 g/mol. The number of rotatable bonds is 19. The summed E-state index contributed by atoms with van der Waals surface area (Å²) >= 11 is 19.5. The quantitative estimate of drug-likeness (QED) is 0.0633. The van der Waals surface area contributed by atoms with Crippen LogP contribution in [0.1, 0.15) is 22.4 Å². The van der Waals surface area contributed by atoms with Crippen LogP contribution in [0.25, 0.3) is 65.4 Å². The first-order chi connectivity index (χ1) is 61.7. The Morgan fingerprint density at radius 1 is 0.465 bits per heavy atom. The Morgan fingerprint density at radius 2 is 0.906 bits per heavy atom. The van der Waals surface area contributed by atoms with E-state index in [0.717, 1.165) is 101 Å². The van der Waals surface area contributed by atoms with E-state index in [4.69, 9.17) is 97.9 Å². The van der Waals surface area contributed by atoms with Gasteiger partial charge in [-0.15, -0.1) is 5.10 Å². The molecule has 652 valence electrons. The highest BCUT2D eigenvalue weighted by molar-refractivity contribution is 6.34. The number of pyridine rings is 3. The fraction of sp³-hybridized carbons (Fsp3) is 0.310. The van der Waals surface area contributed by atoms with Crippen LogP contribution in [0.3, 0.4) is 0 Å². The molecule has 3 N–H and O–H groups in total. The van der Waals surface area contributed by atoms with E-state index in [1.165, 1.54) is 36.1 Å². The monoisotopic (exact) mass is 1780 g/mol. The van der Waals surface area contributed by atoms with Crippen LogP contribution in [0.15, 0.2) is 142 Å². The van der Waals surface area contributed by atoms with E-state index in [0.29, 0.717) is 163 Å². The molecule has 0 saturated carbocycles. The number of amides is 3. The third kappa shape index (κ3) is 17.2. The van der Waals surface area contributed by atoms with E-state index >= 15 is 0 Å². The van der Waals surface area contributed by atoms with Crippen molar-refractivity contribution < 1.29 is 51.9 Å². The van der Waals surface area contributed by atoms with E-state index in [1.54, 1.807) is 71.0 Å². The zero-order valence-corrected chi connectivity index (χ0v) is 72.1. The van der Waals surface area contributed by atoms with Crippen molar-refractivity contribution in [3.8, 4) is 64.5 Å². The molecule has 20 rings (SSSR count). The normalized spacial score (nSPS) is 16.9. The number of likely N-dealkylation sites (N-methyl/N-ethyl adjacent to an activating group) is 3. The number of carbonyl (C=O) groups excluding carboxylic acids is 3. The molecule has 2 atom stereocenters. The summed E-state index contributed by atoms with van der Waals surface area (Å²) in [7, 11) is 9.75. The molecule has 3 amide bonds. The van der Waals surface area contributed by atoms with Gasteiger partial charge in [-0.1, -0.05) is 66.7 Å². The van der Waals surface area contributed by atoms with Gasteiger partial charge in [-0.3, -0.25) is 39.3 Å².